The minimum Gasteiger partial charge on any atom is -0.355 e. The predicted octanol–water partition coefficient (Wildman–Crippen LogP) is 2.59. The van der Waals surface area contributed by atoms with Crippen LogP contribution in [0.15, 0.2) is 35.9 Å². The first-order chi connectivity index (χ1) is 12.9. The molecule has 0 spiro atoms. The van der Waals surface area contributed by atoms with Crippen molar-refractivity contribution in [3.05, 3.63) is 47.0 Å². The van der Waals surface area contributed by atoms with Crippen molar-refractivity contribution in [1.82, 2.24) is 15.5 Å². The third-order valence-electron chi connectivity index (χ3n) is 4.84. The number of rotatable bonds is 8. The number of likely N-dealkylation sites (tertiary alicyclic amines) is 1. The normalized spacial score (nSPS) is 19.6. The summed E-state index contributed by atoms with van der Waals surface area (Å²) < 4.78 is 0. The van der Waals surface area contributed by atoms with Crippen molar-refractivity contribution in [1.29, 1.82) is 0 Å². The van der Waals surface area contributed by atoms with Gasteiger partial charge in [-0.1, -0.05) is 41.5 Å². The molecular formula is C22H33N3O2. The highest BCUT2D eigenvalue weighted by atomic mass is 16.2. The van der Waals surface area contributed by atoms with Gasteiger partial charge in [0.05, 0.1) is 12.5 Å². The average Bonchev–Trinajstić information content (AvgIpc) is 2.97. The molecule has 1 aromatic rings. The second-order valence-electron chi connectivity index (χ2n) is 7.64. The number of hydrogen-bond acceptors (Lipinski definition) is 3. The number of nitrogens with zero attached hydrogens (tertiary/aromatic N) is 1. The predicted molar refractivity (Wildman–Crippen MR) is 110 cm³/mol. The van der Waals surface area contributed by atoms with Crippen LogP contribution in [0, 0.1) is 6.92 Å². The van der Waals surface area contributed by atoms with E-state index < -0.39 is 0 Å². The molecule has 2 atom stereocenters. The standard InChI is InChI=1S/C22H33N3O2/c1-5-23-22(27)20-14-19(15-25(20)11-7-8-16(2)3)24-21(26)13-18-10-6-9-17(4)12-18/h6,8-10,12,19-20H,5,7,11,13-15H2,1-4H3,(H,23,27)(H,24,26)/t19-,20-/m0/s1. The summed E-state index contributed by atoms with van der Waals surface area (Å²) in [5.74, 6) is 0.0801. The number of carbonyl (C=O) groups is 2. The van der Waals surface area contributed by atoms with E-state index in [1.807, 2.05) is 38.1 Å². The van der Waals surface area contributed by atoms with Gasteiger partial charge < -0.3 is 10.6 Å². The van der Waals surface area contributed by atoms with E-state index in [0.717, 1.165) is 30.6 Å². The summed E-state index contributed by atoms with van der Waals surface area (Å²) in [6, 6.07) is 7.87. The summed E-state index contributed by atoms with van der Waals surface area (Å²) >= 11 is 0. The van der Waals surface area contributed by atoms with Crippen LogP contribution in [0.1, 0.15) is 44.7 Å². The molecule has 1 saturated heterocycles. The highest BCUT2D eigenvalue weighted by Gasteiger charge is 2.36. The summed E-state index contributed by atoms with van der Waals surface area (Å²) in [6.07, 6.45) is 4.16. The SMILES string of the molecule is CCNC(=O)[C@@H]1C[C@H](NC(=O)Cc2cccc(C)c2)CN1CCC=C(C)C. The van der Waals surface area contributed by atoms with Crippen molar-refractivity contribution in [3.8, 4) is 0 Å². The van der Waals surface area contributed by atoms with Gasteiger partial charge in [-0.3, -0.25) is 14.5 Å². The lowest BCUT2D eigenvalue weighted by Crippen LogP contribution is -2.43. The fourth-order valence-corrected chi connectivity index (χ4v) is 3.63. The molecule has 2 amide bonds. The average molecular weight is 372 g/mol. The molecule has 148 valence electrons. The van der Waals surface area contributed by atoms with Crippen molar-refractivity contribution in [2.24, 2.45) is 0 Å². The Bertz CT molecular complexity index is 680. The zero-order chi connectivity index (χ0) is 19.8. The van der Waals surface area contributed by atoms with E-state index in [9.17, 15) is 9.59 Å². The molecule has 0 aromatic heterocycles. The van der Waals surface area contributed by atoms with Gasteiger partial charge in [-0.15, -0.1) is 0 Å². The van der Waals surface area contributed by atoms with Crippen molar-refractivity contribution < 1.29 is 9.59 Å². The van der Waals surface area contributed by atoms with E-state index in [4.69, 9.17) is 0 Å². The fourth-order valence-electron chi connectivity index (χ4n) is 3.63. The van der Waals surface area contributed by atoms with Gasteiger partial charge in [-0.25, -0.2) is 0 Å². The lowest BCUT2D eigenvalue weighted by atomic mass is 10.1. The summed E-state index contributed by atoms with van der Waals surface area (Å²) in [7, 11) is 0. The Morgan fingerprint density at radius 1 is 1.30 bits per heavy atom. The van der Waals surface area contributed by atoms with Crippen molar-refractivity contribution in [2.45, 2.75) is 59.0 Å². The molecule has 5 nitrogen and oxygen atoms in total. The van der Waals surface area contributed by atoms with E-state index in [0.29, 0.717) is 19.4 Å². The van der Waals surface area contributed by atoms with Gasteiger partial charge in [0.15, 0.2) is 0 Å². The van der Waals surface area contributed by atoms with E-state index in [-0.39, 0.29) is 23.9 Å². The number of carbonyl (C=O) groups excluding carboxylic acids is 2. The van der Waals surface area contributed by atoms with Crippen molar-refractivity contribution in [3.63, 3.8) is 0 Å². The highest BCUT2D eigenvalue weighted by Crippen LogP contribution is 2.19. The van der Waals surface area contributed by atoms with Gasteiger partial charge >= 0.3 is 0 Å². The lowest BCUT2D eigenvalue weighted by molar-refractivity contribution is -0.125. The van der Waals surface area contributed by atoms with Crippen LogP contribution in [0.4, 0.5) is 0 Å². The van der Waals surface area contributed by atoms with Gasteiger partial charge in [-0.05, 0) is 46.1 Å². The Labute approximate surface area is 163 Å². The molecule has 1 aliphatic heterocycles. The molecule has 2 rings (SSSR count). The fraction of sp³-hybridized carbons (Fsp3) is 0.545. The van der Waals surface area contributed by atoms with Crippen LogP contribution in [0.3, 0.4) is 0 Å². The smallest absolute Gasteiger partial charge is 0.237 e. The first-order valence-electron chi connectivity index (χ1n) is 9.89. The molecule has 1 aliphatic rings. The molecule has 1 heterocycles. The van der Waals surface area contributed by atoms with Gasteiger partial charge in [0, 0.05) is 25.7 Å². The van der Waals surface area contributed by atoms with E-state index in [2.05, 4.69) is 35.5 Å². The minimum absolute atomic E-state index is 0.0154. The first kappa shape index (κ1) is 21.2. The summed E-state index contributed by atoms with van der Waals surface area (Å²) in [5, 5.41) is 6.05. The van der Waals surface area contributed by atoms with E-state index in [1.165, 1.54) is 5.57 Å². The molecule has 5 heteroatoms. The largest absolute Gasteiger partial charge is 0.355 e. The third kappa shape index (κ3) is 6.83. The number of amides is 2. The van der Waals surface area contributed by atoms with Gasteiger partial charge in [0.2, 0.25) is 11.8 Å². The van der Waals surface area contributed by atoms with E-state index >= 15 is 0 Å². The Hall–Kier alpha value is -2.14. The lowest BCUT2D eigenvalue weighted by Gasteiger charge is -2.22. The molecule has 2 N–H and O–H groups in total. The zero-order valence-electron chi connectivity index (χ0n) is 17.0. The monoisotopic (exact) mass is 371 g/mol. The topological polar surface area (TPSA) is 61.4 Å². The quantitative estimate of drug-likeness (QED) is 0.691. The number of likely N-dealkylation sites (N-methyl/N-ethyl adjacent to an activating group) is 1. The molecule has 0 radical (unpaired) electrons. The molecule has 27 heavy (non-hydrogen) atoms. The third-order valence-corrected chi connectivity index (χ3v) is 4.84. The van der Waals surface area contributed by atoms with Crippen LogP contribution in [-0.4, -0.2) is 48.4 Å². The minimum atomic E-state index is -0.167. The van der Waals surface area contributed by atoms with Crippen LogP contribution < -0.4 is 10.6 Å². The Morgan fingerprint density at radius 3 is 2.74 bits per heavy atom. The maximum absolute atomic E-state index is 12.5. The zero-order valence-corrected chi connectivity index (χ0v) is 17.0. The highest BCUT2D eigenvalue weighted by molar-refractivity contribution is 5.83. The van der Waals surface area contributed by atoms with Crippen molar-refractivity contribution >= 4 is 11.8 Å². The summed E-state index contributed by atoms with van der Waals surface area (Å²) in [6.45, 7) is 10.3. The van der Waals surface area contributed by atoms with Crippen LogP contribution in [-0.2, 0) is 16.0 Å². The number of aryl methyl sites for hydroxylation is 1. The van der Waals surface area contributed by atoms with Crippen LogP contribution in [0.2, 0.25) is 0 Å². The molecule has 1 aromatic carbocycles. The van der Waals surface area contributed by atoms with Gasteiger partial charge in [0.1, 0.15) is 0 Å². The summed E-state index contributed by atoms with van der Waals surface area (Å²) in [4.78, 5) is 27.1. The van der Waals surface area contributed by atoms with Crippen LogP contribution >= 0.6 is 0 Å². The summed E-state index contributed by atoms with van der Waals surface area (Å²) in [5.41, 5.74) is 3.46. The molecule has 0 unspecified atom stereocenters. The maximum Gasteiger partial charge on any atom is 0.237 e. The van der Waals surface area contributed by atoms with Crippen molar-refractivity contribution in [2.75, 3.05) is 19.6 Å². The molecule has 0 aliphatic carbocycles. The van der Waals surface area contributed by atoms with Gasteiger partial charge in [-0.2, -0.15) is 0 Å². The molecular weight excluding hydrogens is 338 g/mol. The van der Waals surface area contributed by atoms with Crippen LogP contribution in [0.25, 0.3) is 0 Å². The number of nitrogens with one attached hydrogen (secondary N) is 2. The first-order valence-corrected chi connectivity index (χ1v) is 9.89. The van der Waals surface area contributed by atoms with E-state index in [1.54, 1.807) is 0 Å². The molecule has 0 saturated carbocycles. The maximum atomic E-state index is 12.5. The number of hydrogen-bond donors (Lipinski definition) is 2. The van der Waals surface area contributed by atoms with Crippen LogP contribution in [0.5, 0.6) is 0 Å². The second kappa shape index (κ2) is 10.3. The van der Waals surface area contributed by atoms with Gasteiger partial charge in [0.25, 0.3) is 0 Å². The second-order valence-corrected chi connectivity index (χ2v) is 7.64. The Balaban J connectivity index is 1.95. The Morgan fingerprint density at radius 2 is 2.07 bits per heavy atom. The molecule has 0 bridgehead atoms. The number of allylic oxidation sites excluding steroid dienone is 1. The number of benzene rings is 1. The molecule has 1 fully saturated rings. The Kier molecular flexibility index (Phi) is 8.04.